The van der Waals surface area contributed by atoms with Crippen LogP contribution in [0.15, 0.2) is 53.5 Å². The first-order valence-corrected chi connectivity index (χ1v) is 9.23. The van der Waals surface area contributed by atoms with E-state index in [0.29, 0.717) is 0 Å². The van der Waals surface area contributed by atoms with E-state index < -0.39 is 0 Å². The van der Waals surface area contributed by atoms with Gasteiger partial charge in [-0.1, -0.05) is 24.3 Å². The van der Waals surface area contributed by atoms with Gasteiger partial charge >= 0.3 is 0 Å². The molecule has 0 spiro atoms. The van der Waals surface area contributed by atoms with Crippen LogP contribution in [0.4, 0.5) is 11.4 Å². The Labute approximate surface area is 155 Å². The summed E-state index contributed by atoms with van der Waals surface area (Å²) in [5.74, 6) is 2.06. The Bertz CT molecular complexity index is 779. The third kappa shape index (κ3) is 3.53. The molecule has 0 aromatic heterocycles. The number of methoxy groups -OCH3 is 1. The van der Waals surface area contributed by atoms with E-state index in [-0.39, 0.29) is 6.04 Å². The van der Waals surface area contributed by atoms with Gasteiger partial charge in [-0.3, -0.25) is 0 Å². The molecular formula is C21H26N4O. The van der Waals surface area contributed by atoms with Crippen LogP contribution in [-0.2, 0) is 0 Å². The predicted octanol–water partition coefficient (Wildman–Crippen LogP) is 3.53. The van der Waals surface area contributed by atoms with Crippen LogP contribution < -0.4 is 10.1 Å². The zero-order chi connectivity index (χ0) is 17.9. The summed E-state index contributed by atoms with van der Waals surface area (Å²) in [6.07, 6.45) is 0.880. The number of amidine groups is 1. The molecule has 2 aromatic carbocycles. The fraction of sp³-hybridized carbons (Fsp3) is 0.381. The highest BCUT2D eigenvalue weighted by atomic mass is 16.5. The van der Waals surface area contributed by atoms with Crippen molar-refractivity contribution in [3.63, 3.8) is 0 Å². The summed E-state index contributed by atoms with van der Waals surface area (Å²) in [5.41, 5.74) is 3.37. The molecule has 1 unspecified atom stereocenters. The Kier molecular flexibility index (Phi) is 4.80. The van der Waals surface area contributed by atoms with Gasteiger partial charge < -0.3 is 19.9 Å². The number of fused-ring (bicyclic) bond motifs is 1. The first-order valence-electron chi connectivity index (χ1n) is 9.23. The fourth-order valence-electron chi connectivity index (χ4n) is 3.60. The lowest BCUT2D eigenvalue weighted by Gasteiger charge is -2.35. The number of hydrogen-bond acceptors (Lipinski definition) is 5. The molecule has 0 bridgehead atoms. The summed E-state index contributed by atoms with van der Waals surface area (Å²) in [6.45, 7) is 4.24. The predicted molar refractivity (Wildman–Crippen MR) is 107 cm³/mol. The van der Waals surface area contributed by atoms with Crippen LogP contribution in [0, 0.1) is 0 Å². The summed E-state index contributed by atoms with van der Waals surface area (Å²) < 4.78 is 5.31. The Morgan fingerprint density at radius 1 is 1.00 bits per heavy atom. The first-order chi connectivity index (χ1) is 12.7. The SMILES string of the molecule is COc1ccc(C2CC(N3CCN(C)CC3)=Nc3ccccc3N2)cc1. The molecule has 0 amide bonds. The molecule has 2 aromatic rings. The molecule has 2 aliphatic rings. The van der Waals surface area contributed by atoms with Crippen LogP contribution in [0.25, 0.3) is 0 Å². The Morgan fingerprint density at radius 2 is 1.73 bits per heavy atom. The molecule has 1 saturated heterocycles. The number of para-hydroxylation sites is 2. The molecule has 2 heterocycles. The smallest absolute Gasteiger partial charge is 0.118 e. The molecule has 5 nitrogen and oxygen atoms in total. The summed E-state index contributed by atoms with van der Waals surface area (Å²) in [4.78, 5) is 9.85. The second-order valence-electron chi connectivity index (χ2n) is 7.01. The van der Waals surface area contributed by atoms with E-state index >= 15 is 0 Å². The van der Waals surface area contributed by atoms with E-state index in [2.05, 4.69) is 58.6 Å². The lowest BCUT2D eigenvalue weighted by molar-refractivity contribution is 0.213. The van der Waals surface area contributed by atoms with Crippen LogP contribution in [-0.4, -0.2) is 56.0 Å². The Hall–Kier alpha value is -2.53. The minimum Gasteiger partial charge on any atom is -0.497 e. The number of piperazine rings is 1. The third-order valence-corrected chi connectivity index (χ3v) is 5.26. The van der Waals surface area contributed by atoms with Crippen molar-refractivity contribution in [2.45, 2.75) is 12.5 Å². The number of nitrogens with one attached hydrogen (secondary N) is 1. The first kappa shape index (κ1) is 16.9. The van der Waals surface area contributed by atoms with Crippen molar-refractivity contribution in [2.24, 2.45) is 4.99 Å². The van der Waals surface area contributed by atoms with Crippen molar-refractivity contribution in [1.29, 1.82) is 0 Å². The van der Waals surface area contributed by atoms with Gasteiger partial charge in [0.1, 0.15) is 11.6 Å². The summed E-state index contributed by atoms with van der Waals surface area (Å²) >= 11 is 0. The summed E-state index contributed by atoms with van der Waals surface area (Å²) in [7, 11) is 3.89. The zero-order valence-corrected chi connectivity index (χ0v) is 15.5. The minimum absolute atomic E-state index is 0.197. The van der Waals surface area contributed by atoms with Crippen molar-refractivity contribution in [3.8, 4) is 5.75 Å². The molecule has 4 rings (SSSR count). The van der Waals surface area contributed by atoms with Gasteiger partial charge in [0.25, 0.3) is 0 Å². The van der Waals surface area contributed by atoms with Gasteiger partial charge in [0.15, 0.2) is 0 Å². The van der Waals surface area contributed by atoms with Gasteiger partial charge in [-0.25, -0.2) is 4.99 Å². The van der Waals surface area contributed by atoms with Crippen LogP contribution in [0.3, 0.4) is 0 Å². The molecule has 1 atom stereocenters. The van der Waals surface area contributed by atoms with Gasteiger partial charge in [-0.05, 0) is 36.9 Å². The quantitative estimate of drug-likeness (QED) is 0.899. The van der Waals surface area contributed by atoms with Crippen molar-refractivity contribution >= 4 is 17.2 Å². The second-order valence-corrected chi connectivity index (χ2v) is 7.01. The fourth-order valence-corrected chi connectivity index (χ4v) is 3.60. The molecular weight excluding hydrogens is 324 g/mol. The van der Waals surface area contributed by atoms with Gasteiger partial charge in [-0.2, -0.15) is 0 Å². The van der Waals surface area contributed by atoms with Crippen LogP contribution in [0.2, 0.25) is 0 Å². The number of likely N-dealkylation sites (N-methyl/N-ethyl adjacent to an activating group) is 1. The number of nitrogens with zero attached hydrogens (tertiary/aromatic N) is 3. The van der Waals surface area contributed by atoms with E-state index in [1.165, 1.54) is 11.4 Å². The molecule has 0 aliphatic carbocycles. The number of hydrogen-bond donors (Lipinski definition) is 1. The molecule has 0 radical (unpaired) electrons. The van der Waals surface area contributed by atoms with Crippen LogP contribution in [0.5, 0.6) is 5.75 Å². The highest BCUT2D eigenvalue weighted by Gasteiger charge is 2.25. The molecule has 2 aliphatic heterocycles. The van der Waals surface area contributed by atoms with Crippen molar-refractivity contribution in [1.82, 2.24) is 9.80 Å². The highest BCUT2D eigenvalue weighted by molar-refractivity contribution is 5.89. The lowest BCUT2D eigenvalue weighted by atomic mass is 10.0. The average Bonchev–Trinajstić information content (AvgIpc) is 2.88. The van der Waals surface area contributed by atoms with E-state index in [1.54, 1.807) is 7.11 Å². The Balaban J connectivity index is 1.65. The summed E-state index contributed by atoms with van der Waals surface area (Å²) in [6, 6.07) is 16.9. The maximum absolute atomic E-state index is 5.31. The van der Waals surface area contributed by atoms with Gasteiger partial charge in [0, 0.05) is 32.6 Å². The molecule has 5 heteroatoms. The van der Waals surface area contributed by atoms with Crippen LogP contribution >= 0.6 is 0 Å². The van der Waals surface area contributed by atoms with Gasteiger partial charge in [0.05, 0.1) is 24.5 Å². The largest absolute Gasteiger partial charge is 0.497 e. The maximum atomic E-state index is 5.31. The molecule has 136 valence electrons. The summed E-state index contributed by atoms with van der Waals surface area (Å²) in [5, 5.41) is 3.70. The molecule has 1 fully saturated rings. The average molecular weight is 350 g/mol. The Morgan fingerprint density at radius 3 is 2.46 bits per heavy atom. The monoisotopic (exact) mass is 350 g/mol. The lowest BCUT2D eigenvalue weighted by Crippen LogP contribution is -2.47. The number of anilines is 1. The highest BCUT2D eigenvalue weighted by Crippen LogP contribution is 2.35. The van der Waals surface area contributed by atoms with E-state index in [1.807, 2.05) is 12.1 Å². The van der Waals surface area contributed by atoms with E-state index in [0.717, 1.165) is 49.7 Å². The standard InChI is InChI=1S/C21H26N4O/c1-24-11-13-25(14-12-24)21-15-20(16-7-9-17(26-2)10-8-16)22-18-5-3-4-6-19(18)23-21/h3-10,20,22H,11-15H2,1-2H3. The molecule has 26 heavy (non-hydrogen) atoms. The number of ether oxygens (including phenoxy) is 1. The number of aliphatic imine (C=N–C) groups is 1. The third-order valence-electron chi connectivity index (χ3n) is 5.26. The van der Waals surface area contributed by atoms with Gasteiger partial charge in [-0.15, -0.1) is 0 Å². The second kappa shape index (κ2) is 7.38. The topological polar surface area (TPSA) is 40.1 Å². The molecule has 1 N–H and O–H groups in total. The zero-order valence-electron chi connectivity index (χ0n) is 15.5. The van der Waals surface area contributed by atoms with Crippen molar-refractivity contribution < 1.29 is 4.74 Å². The molecule has 0 saturated carbocycles. The number of rotatable bonds is 2. The minimum atomic E-state index is 0.197. The van der Waals surface area contributed by atoms with Gasteiger partial charge in [0.2, 0.25) is 0 Å². The normalized spacial score (nSPS) is 20.6. The van der Waals surface area contributed by atoms with E-state index in [9.17, 15) is 0 Å². The van der Waals surface area contributed by atoms with Crippen molar-refractivity contribution in [2.75, 3.05) is 45.7 Å². The van der Waals surface area contributed by atoms with E-state index in [4.69, 9.17) is 9.73 Å². The number of benzene rings is 2. The maximum Gasteiger partial charge on any atom is 0.118 e. The van der Waals surface area contributed by atoms with Crippen LogP contribution in [0.1, 0.15) is 18.0 Å². The van der Waals surface area contributed by atoms with Crippen molar-refractivity contribution in [3.05, 3.63) is 54.1 Å².